The van der Waals surface area contributed by atoms with E-state index < -0.39 is 0 Å². The Labute approximate surface area is 99.8 Å². The van der Waals surface area contributed by atoms with Gasteiger partial charge in [-0.2, -0.15) is 5.10 Å². The number of anilines is 1. The van der Waals surface area contributed by atoms with Crippen molar-refractivity contribution in [1.29, 1.82) is 0 Å². The molecule has 4 rings (SSSR count). The first-order valence-electron chi connectivity index (χ1n) is 6.33. The Morgan fingerprint density at radius 3 is 3.06 bits per heavy atom. The third-order valence-corrected chi connectivity index (χ3v) is 4.21. The van der Waals surface area contributed by atoms with Gasteiger partial charge < -0.3 is 10.6 Å². The SMILES string of the molecule is c1cc2[nH]ncc2cc1NC1C2CCC1NC2. The predicted molar refractivity (Wildman–Crippen MR) is 68.0 cm³/mol. The lowest BCUT2D eigenvalue weighted by Crippen LogP contribution is -2.32. The number of piperidine rings is 1. The van der Waals surface area contributed by atoms with Crippen LogP contribution in [0.5, 0.6) is 0 Å². The Kier molecular flexibility index (Phi) is 1.93. The highest BCUT2D eigenvalue weighted by atomic mass is 15.1. The average molecular weight is 228 g/mol. The van der Waals surface area contributed by atoms with Crippen molar-refractivity contribution >= 4 is 16.6 Å². The van der Waals surface area contributed by atoms with Crippen LogP contribution in [0, 0.1) is 5.92 Å². The van der Waals surface area contributed by atoms with Crippen molar-refractivity contribution in [3.8, 4) is 0 Å². The molecule has 0 radical (unpaired) electrons. The van der Waals surface area contributed by atoms with E-state index in [1.807, 2.05) is 6.20 Å². The Bertz CT molecular complexity index is 527. The third-order valence-electron chi connectivity index (χ3n) is 4.21. The van der Waals surface area contributed by atoms with Gasteiger partial charge in [-0.3, -0.25) is 5.10 Å². The van der Waals surface area contributed by atoms with E-state index in [2.05, 4.69) is 39.0 Å². The first-order chi connectivity index (χ1) is 8.40. The van der Waals surface area contributed by atoms with Crippen molar-refractivity contribution in [2.24, 2.45) is 5.92 Å². The van der Waals surface area contributed by atoms with Gasteiger partial charge in [-0.1, -0.05) is 0 Å². The van der Waals surface area contributed by atoms with Gasteiger partial charge in [0.15, 0.2) is 0 Å². The Morgan fingerprint density at radius 1 is 1.29 bits per heavy atom. The summed E-state index contributed by atoms with van der Waals surface area (Å²) in [5, 5.41) is 15.5. The molecule has 1 saturated heterocycles. The van der Waals surface area contributed by atoms with E-state index >= 15 is 0 Å². The van der Waals surface area contributed by atoms with Gasteiger partial charge in [0.1, 0.15) is 0 Å². The zero-order chi connectivity index (χ0) is 11.2. The maximum atomic E-state index is 4.05. The first-order valence-corrected chi connectivity index (χ1v) is 6.33. The molecule has 1 aliphatic heterocycles. The monoisotopic (exact) mass is 228 g/mol. The largest absolute Gasteiger partial charge is 0.380 e. The molecule has 1 aliphatic carbocycles. The molecule has 1 aromatic heterocycles. The molecule has 2 bridgehead atoms. The van der Waals surface area contributed by atoms with E-state index in [-0.39, 0.29) is 0 Å². The maximum absolute atomic E-state index is 4.05. The molecule has 3 N–H and O–H groups in total. The minimum Gasteiger partial charge on any atom is -0.380 e. The van der Waals surface area contributed by atoms with Crippen LogP contribution in [0.25, 0.3) is 10.9 Å². The van der Waals surface area contributed by atoms with Crippen LogP contribution in [-0.4, -0.2) is 28.8 Å². The molecule has 2 fully saturated rings. The van der Waals surface area contributed by atoms with Crippen LogP contribution >= 0.6 is 0 Å². The maximum Gasteiger partial charge on any atom is 0.0651 e. The van der Waals surface area contributed by atoms with Crippen LogP contribution in [-0.2, 0) is 0 Å². The van der Waals surface area contributed by atoms with E-state index in [9.17, 15) is 0 Å². The van der Waals surface area contributed by atoms with Crippen LogP contribution in [0.3, 0.4) is 0 Å². The van der Waals surface area contributed by atoms with Crippen LogP contribution in [0.4, 0.5) is 5.69 Å². The summed E-state index contributed by atoms with van der Waals surface area (Å²) in [6.45, 7) is 1.18. The van der Waals surface area contributed by atoms with E-state index in [0.717, 1.165) is 11.4 Å². The van der Waals surface area contributed by atoms with Crippen molar-refractivity contribution in [3.63, 3.8) is 0 Å². The molecule has 4 nitrogen and oxygen atoms in total. The van der Waals surface area contributed by atoms with Gasteiger partial charge in [0, 0.05) is 29.7 Å². The zero-order valence-corrected chi connectivity index (χ0v) is 9.61. The Balaban J connectivity index is 1.62. The smallest absolute Gasteiger partial charge is 0.0651 e. The topological polar surface area (TPSA) is 52.7 Å². The molecule has 2 aliphatic rings. The number of rotatable bonds is 2. The molecule has 88 valence electrons. The number of aromatic nitrogens is 2. The lowest BCUT2D eigenvalue weighted by molar-refractivity contribution is 0.503. The second kappa shape index (κ2) is 3.47. The van der Waals surface area contributed by atoms with Crippen molar-refractivity contribution in [2.45, 2.75) is 24.9 Å². The summed E-state index contributed by atoms with van der Waals surface area (Å²) >= 11 is 0. The summed E-state index contributed by atoms with van der Waals surface area (Å²) in [5.74, 6) is 0.806. The molecule has 17 heavy (non-hydrogen) atoms. The first kappa shape index (κ1) is 9.48. The number of hydrogen-bond acceptors (Lipinski definition) is 3. The van der Waals surface area contributed by atoms with Gasteiger partial charge >= 0.3 is 0 Å². The van der Waals surface area contributed by atoms with Gasteiger partial charge in [-0.05, 0) is 37.0 Å². The molecule has 3 atom stereocenters. The number of nitrogens with one attached hydrogen (secondary N) is 3. The van der Waals surface area contributed by atoms with E-state index in [1.165, 1.54) is 30.5 Å². The molecular formula is C13H16N4. The summed E-state index contributed by atoms with van der Waals surface area (Å²) in [7, 11) is 0. The normalized spacial score (nSPS) is 31.2. The molecule has 3 unspecified atom stereocenters. The highest BCUT2D eigenvalue weighted by molar-refractivity contribution is 5.81. The average Bonchev–Trinajstić information content (AvgIpc) is 3.05. The summed E-state index contributed by atoms with van der Waals surface area (Å²) in [4.78, 5) is 0. The quantitative estimate of drug-likeness (QED) is 0.733. The van der Waals surface area contributed by atoms with Gasteiger partial charge in [-0.25, -0.2) is 0 Å². The molecule has 2 aromatic rings. The van der Waals surface area contributed by atoms with Crippen LogP contribution in [0.15, 0.2) is 24.4 Å². The highest BCUT2D eigenvalue weighted by Crippen LogP contribution is 2.33. The summed E-state index contributed by atoms with van der Waals surface area (Å²) in [6.07, 6.45) is 4.56. The third kappa shape index (κ3) is 1.44. The lowest BCUT2D eigenvalue weighted by atomic mass is 10.1. The molecule has 1 saturated carbocycles. The van der Waals surface area contributed by atoms with Crippen LogP contribution in [0.2, 0.25) is 0 Å². The van der Waals surface area contributed by atoms with Crippen LogP contribution < -0.4 is 10.6 Å². The molecule has 4 heteroatoms. The van der Waals surface area contributed by atoms with E-state index in [0.29, 0.717) is 12.1 Å². The number of nitrogens with zero attached hydrogens (tertiary/aromatic N) is 1. The molecule has 2 heterocycles. The van der Waals surface area contributed by atoms with Crippen molar-refractivity contribution in [2.75, 3.05) is 11.9 Å². The second-order valence-corrected chi connectivity index (χ2v) is 5.19. The van der Waals surface area contributed by atoms with Crippen LogP contribution in [0.1, 0.15) is 12.8 Å². The number of fused-ring (bicyclic) bond motifs is 3. The fourth-order valence-corrected chi connectivity index (χ4v) is 3.29. The van der Waals surface area contributed by atoms with E-state index in [4.69, 9.17) is 0 Å². The van der Waals surface area contributed by atoms with Gasteiger partial charge in [-0.15, -0.1) is 0 Å². The molecule has 0 amide bonds. The van der Waals surface area contributed by atoms with Crippen molar-refractivity contribution in [3.05, 3.63) is 24.4 Å². The second-order valence-electron chi connectivity index (χ2n) is 5.19. The summed E-state index contributed by atoms with van der Waals surface area (Å²) in [6, 6.07) is 7.68. The molecule has 0 spiro atoms. The minimum absolute atomic E-state index is 0.611. The predicted octanol–water partition coefficient (Wildman–Crippen LogP) is 1.73. The fourth-order valence-electron chi connectivity index (χ4n) is 3.29. The Morgan fingerprint density at radius 2 is 2.29 bits per heavy atom. The Hall–Kier alpha value is -1.55. The zero-order valence-electron chi connectivity index (χ0n) is 9.61. The number of aromatic amines is 1. The van der Waals surface area contributed by atoms with Gasteiger partial charge in [0.2, 0.25) is 0 Å². The summed E-state index contributed by atoms with van der Waals surface area (Å²) in [5.41, 5.74) is 2.31. The highest BCUT2D eigenvalue weighted by Gasteiger charge is 2.41. The number of benzene rings is 1. The fraction of sp³-hybridized carbons (Fsp3) is 0.462. The standard InChI is InChI=1S/C13H16N4/c1-3-12-13(8(1)6-14-12)16-10-2-4-11-9(5-10)7-15-17-11/h2,4-5,7-8,12-14,16H,1,3,6H2,(H,15,17). The summed E-state index contributed by atoms with van der Waals surface area (Å²) < 4.78 is 0. The molecular weight excluding hydrogens is 212 g/mol. The van der Waals surface area contributed by atoms with Crippen molar-refractivity contribution < 1.29 is 0 Å². The molecule has 1 aromatic carbocycles. The van der Waals surface area contributed by atoms with Gasteiger partial charge in [0.05, 0.1) is 11.7 Å². The lowest BCUT2D eigenvalue weighted by Gasteiger charge is -2.18. The number of hydrogen-bond donors (Lipinski definition) is 3. The number of H-pyrrole nitrogens is 1. The van der Waals surface area contributed by atoms with E-state index in [1.54, 1.807) is 0 Å². The van der Waals surface area contributed by atoms with Crippen molar-refractivity contribution in [1.82, 2.24) is 15.5 Å². The minimum atomic E-state index is 0.611. The van der Waals surface area contributed by atoms with Gasteiger partial charge in [0.25, 0.3) is 0 Å².